The van der Waals surface area contributed by atoms with E-state index < -0.39 is 11.8 Å². The molecule has 1 rings (SSSR count). The van der Waals surface area contributed by atoms with E-state index in [0.29, 0.717) is 0 Å². The molecule has 0 N–H and O–H groups in total. The van der Waals surface area contributed by atoms with Gasteiger partial charge in [0.1, 0.15) is 12.6 Å². The lowest BCUT2D eigenvalue weighted by Gasteiger charge is -1.97. The van der Waals surface area contributed by atoms with Crippen molar-refractivity contribution < 1.29 is 19.0 Å². The average molecular weight is 105 g/mol. The van der Waals surface area contributed by atoms with Crippen molar-refractivity contribution in [2.45, 2.75) is 5.85 Å². The molecule has 3 nitrogen and oxygen atoms in total. The van der Waals surface area contributed by atoms with E-state index in [2.05, 4.69) is 4.74 Å². The quantitative estimate of drug-likeness (QED) is 0.378. The Morgan fingerprint density at radius 1 is 2.00 bits per heavy atom. The first-order valence-electron chi connectivity index (χ1n) is 1.69. The summed E-state index contributed by atoms with van der Waals surface area (Å²) in [6.07, 6.45) is 0. The first kappa shape index (κ1) is 4.52. The molecule has 1 saturated heterocycles. The van der Waals surface area contributed by atoms with Gasteiger partial charge in [0.15, 0.2) is 0 Å². The topological polar surface area (TPSA) is 52.7 Å². The van der Waals surface area contributed by atoms with Crippen molar-refractivity contribution in [2.75, 3.05) is 6.61 Å². The van der Waals surface area contributed by atoms with E-state index in [-0.39, 0.29) is 6.61 Å². The van der Waals surface area contributed by atoms with Gasteiger partial charge in [-0.25, -0.2) is 4.39 Å². The van der Waals surface area contributed by atoms with Crippen molar-refractivity contribution in [1.82, 2.24) is 0 Å². The van der Waals surface area contributed by atoms with E-state index in [1.54, 1.807) is 0 Å². The molecule has 0 aromatic carbocycles. The summed E-state index contributed by atoms with van der Waals surface area (Å²) in [5.74, 6) is -4.23. The third-order valence-electron chi connectivity index (χ3n) is 0.703. The summed E-state index contributed by atoms with van der Waals surface area (Å²) in [5.41, 5.74) is 0. The maximum absolute atomic E-state index is 11.7. The molecule has 0 spiro atoms. The fourth-order valence-electron chi connectivity index (χ4n) is 0.181. The Morgan fingerprint density at radius 2 is 2.43 bits per heavy atom. The minimum Gasteiger partial charge on any atom is -0.544 e. The van der Waals surface area contributed by atoms with Gasteiger partial charge in [0, 0.05) is 0 Å². The number of halogens is 1. The number of ether oxygens (including phenoxy) is 1. The Balaban J connectivity index is 2.55. The van der Waals surface area contributed by atoms with Crippen LogP contribution in [0, 0.1) is 0 Å². The van der Waals surface area contributed by atoms with Crippen molar-refractivity contribution in [3.8, 4) is 0 Å². The number of aliphatic carboxylic acids is 1. The first-order valence-corrected chi connectivity index (χ1v) is 1.69. The fraction of sp³-hybridized carbons (Fsp3) is 0.667. The lowest BCUT2D eigenvalue weighted by atomic mass is 10.5. The highest BCUT2D eigenvalue weighted by atomic mass is 19.2. The molecule has 4 heteroatoms. The molecule has 0 aliphatic carbocycles. The van der Waals surface area contributed by atoms with Crippen LogP contribution in [0.4, 0.5) is 4.39 Å². The van der Waals surface area contributed by atoms with Gasteiger partial charge in [0.2, 0.25) is 0 Å². The molecule has 1 heterocycles. The van der Waals surface area contributed by atoms with Gasteiger partial charge in [-0.05, 0) is 0 Å². The van der Waals surface area contributed by atoms with Gasteiger partial charge < -0.3 is 14.6 Å². The van der Waals surface area contributed by atoms with Gasteiger partial charge in [-0.2, -0.15) is 0 Å². The number of epoxide rings is 1. The van der Waals surface area contributed by atoms with Crippen LogP contribution in [0.1, 0.15) is 0 Å². The summed E-state index contributed by atoms with van der Waals surface area (Å²) in [7, 11) is 0. The van der Waals surface area contributed by atoms with Crippen LogP contribution in [-0.4, -0.2) is 18.4 Å². The van der Waals surface area contributed by atoms with Gasteiger partial charge in [0.05, 0.1) is 0 Å². The van der Waals surface area contributed by atoms with E-state index in [9.17, 15) is 14.3 Å². The second-order valence-electron chi connectivity index (χ2n) is 1.30. The van der Waals surface area contributed by atoms with Crippen LogP contribution in [0.3, 0.4) is 0 Å². The number of hydrogen-bond donors (Lipinski definition) is 0. The third-order valence-corrected chi connectivity index (χ3v) is 0.703. The summed E-state index contributed by atoms with van der Waals surface area (Å²) in [6.45, 7) is -0.366. The van der Waals surface area contributed by atoms with Gasteiger partial charge in [0.25, 0.3) is 5.85 Å². The summed E-state index contributed by atoms with van der Waals surface area (Å²) in [5, 5.41) is 9.47. The van der Waals surface area contributed by atoms with E-state index in [0.717, 1.165) is 0 Å². The molecule has 0 amide bonds. The smallest absolute Gasteiger partial charge is 0.273 e. The number of carboxylic acid groups (broad SMARTS) is 1. The zero-order valence-electron chi connectivity index (χ0n) is 3.31. The zero-order chi connectivity index (χ0) is 5.49. The van der Waals surface area contributed by atoms with E-state index >= 15 is 0 Å². The second kappa shape index (κ2) is 0.949. The molecule has 1 fully saturated rings. The predicted molar refractivity (Wildman–Crippen MR) is 14.8 cm³/mol. The Hall–Kier alpha value is -0.640. The van der Waals surface area contributed by atoms with Crippen LogP contribution in [0.25, 0.3) is 0 Å². The molecular formula is C3H2FO3-. The summed E-state index contributed by atoms with van der Waals surface area (Å²) in [6, 6.07) is 0. The van der Waals surface area contributed by atoms with Crippen molar-refractivity contribution in [1.29, 1.82) is 0 Å². The van der Waals surface area contributed by atoms with Crippen molar-refractivity contribution in [2.24, 2.45) is 0 Å². The van der Waals surface area contributed by atoms with Crippen LogP contribution < -0.4 is 5.11 Å². The Morgan fingerprint density at radius 3 is 2.43 bits per heavy atom. The van der Waals surface area contributed by atoms with Crippen molar-refractivity contribution in [3.05, 3.63) is 0 Å². The van der Waals surface area contributed by atoms with Crippen LogP contribution in [-0.2, 0) is 9.53 Å². The summed E-state index contributed by atoms with van der Waals surface area (Å²) >= 11 is 0. The zero-order valence-corrected chi connectivity index (χ0v) is 3.31. The highest BCUT2D eigenvalue weighted by Gasteiger charge is 2.47. The normalized spacial score (nSPS) is 37.9. The van der Waals surface area contributed by atoms with Crippen LogP contribution in [0.5, 0.6) is 0 Å². The number of carboxylic acids is 1. The lowest BCUT2D eigenvalue weighted by molar-refractivity contribution is -0.318. The maximum Gasteiger partial charge on any atom is 0.273 e. The van der Waals surface area contributed by atoms with Crippen LogP contribution in [0.15, 0.2) is 0 Å². The van der Waals surface area contributed by atoms with Crippen molar-refractivity contribution >= 4 is 5.97 Å². The molecule has 0 aromatic heterocycles. The highest BCUT2D eigenvalue weighted by Crippen LogP contribution is 2.26. The Bertz CT molecular complexity index is 107. The van der Waals surface area contributed by atoms with Crippen LogP contribution in [0.2, 0.25) is 0 Å². The first-order chi connectivity index (χ1) is 3.15. The minimum atomic E-state index is -2.44. The number of carbonyl (C=O) groups is 1. The second-order valence-corrected chi connectivity index (χ2v) is 1.30. The monoisotopic (exact) mass is 105 g/mol. The molecule has 0 bridgehead atoms. The minimum absolute atomic E-state index is 0.366. The molecule has 0 aromatic rings. The van der Waals surface area contributed by atoms with Gasteiger partial charge >= 0.3 is 0 Å². The average Bonchev–Trinajstić information content (AvgIpc) is 2.21. The Kier molecular flexibility index (Phi) is 0.613. The number of carbonyl (C=O) groups excluding carboxylic acids is 1. The number of alkyl halides is 1. The molecule has 7 heavy (non-hydrogen) atoms. The van der Waals surface area contributed by atoms with Gasteiger partial charge in [-0.15, -0.1) is 0 Å². The number of hydrogen-bond acceptors (Lipinski definition) is 3. The van der Waals surface area contributed by atoms with Crippen LogP contribution >= 0.6 is 0 Å². The van der Waals surface area contributed by atoms with E-state index in [4.69, 9.17) is 0 Å². The predicted octanol–water partition coefficient (Wildman–Crippen LogP) is -1.57. The molecule has 40 valence electrons. The van der Waals surface area contributed by atoms with E-state index in [1.807, 2.05) is 0 Å². The molecule has 0 saturated carbocycles. The molecule has 1 atom stereocenters. The SMILES string of the molecule is O=C([O-])C1(F)CO1. The standard InChI is InChI=1S/C3H3FO3/c4-3(1-7-3)2(5)6/h1H2,(H,5,6)/p-1. The summed E-state index contributed by atoms with van der Waals surface area (Å²) < 4.78 is 15.6. The van der Waals surface area contributed by atoms with Gasteiger partial charge in [-0.1, -0.05) is 0 Å². The third kappa shape index (κ3) is 0.564. The molecule has 0 radical (unpaired) electrons. The molecular weight excluding hydrogens is 103 g/mol. The molecule has 1 aliphatic rings. The fourth-order valence-corrected chi connectivity index (χ4v) is 0.181. The maximum atomic E-state index is 11.7. The largest absolute Gasteiger partial charge is 0.544 e. The summed E-state index contributed by atoms with van der Waals surface area (Å²) in [4.78, 5) is 9.47. The lowest BCUT2D eigenvalue weighted by Crippen LogP contribution is -2.35. The van der Waals surface area contributed by atoms with E-state index in [1.165, 1.54) is 0 Å². The van der Waals surface area contributed by atoms with Gasteiger partial charge in [-0.3, -0.25) is 0 Å². The highest BCUT2D eigenvalue weighted by molar-refractivity contribution is 5.75. The molecule has 1 unspecified atom stereocenters. The molecule has 1 aliphatic heterocycles. The number of rotatable bonds is 1. The van der Waals surface area contributed by atoms with Crippen molar-refractivity contribution in [3.63, 3.8) is 0 Å². The Labute approximate surface area is 38.7 Å².